The van der Waals surface area contributed by atoms with Crippen molar-refractivity contribution in [1.29, 1.82) is 0 Å². The molecule has 0 amide bonds. The van der Waals surface area contributed by atoms with Gasteiger partial charge in [0.05, 0.1) is 21.4 Å². The van der Waals surface area contributed by atoms with Crippen LogP contribution in [0.2, 0.25) is 0 Å². The van der Waals surface area contributed by atoms with Crippen LogP contribution in [0.5, 0.6) is 11.5 Å². The molecule has 0 unspecified atom stereocenters. The van der Waals surface area contributed by atoms with Crippen LogP contribution in [0.3, 0.4) is 0 Å². The number of hydrogen-bond donors (Lipinski definition) is 2. The zero-order chi connectivity index (χ0) is 20.5. The summed E-state index contributed by atoms with van der Waals surface area (Å²) in [5.41, 5.74) is 0. The van der Waals surface area contributed by atoms with Gasteiger partial charge in [-0.3, -0.25) is 9.59 Å². The van der Waals surface area contributed by atoms with Gasteiger partial charge in [-0.15, -0.1) is 0 Å². The van der Waals surface area contributed by atoms with Crippen molar-refractivity contribution in [2.45, 2.75) is 13.8 Å². The molecule has 0 aliphatic rings. The maximum Gasteiger partial charge on any atom is 0.300 e. The maximum absolute atomic E-state index is 9.00. The van der Waals surface area contributed by atoms with E-state index in [4.69, 9.17) is 29.3 Å². The van der Waals surface area contributed by atoms with E-state index >= 15 is 0 Å². The van der Waals surface area contributed by atoms with Crippen LogP contribution in [0.15, 0.2) is 48.5 Å². The predicted molar refractivity (Wildman–Crippen MR) is 118 cm³/mol. The third kappa shape index (κ3) is 17.3. The molecule has 0 aromatic heterocycles. The fourth-order valence-corrected chi connectivity index (χ4v) is 2.44. The summed E-state index contributed by atoms with van der Waals surface area (Å²) in [6, 6.07) is 15.8. The molecule has 6 nitrogen and oxygen atoms in total. The topological polar surface area (TPSA) is 93.1 Å². The molecule has 0 spiro atoms. The van der Waals surface area contributed by atoms with Gasteiger partial charge in [0.2, 0.25) is 0 Å². The number of carboxylic acids is 2. The van der Waals surface area contributed by atoms with Gasteiger partial charge < -0.3 is 19.7 Å². The van der Waals surface area contributed by atoms with Gasteiger partial charge in [0.25, 0.3) is 11.9 Å². The summed E-state index contributed by atoms with van der Waals surface area (Å²) in [6.07, 6.45) is 0. The van der Waals surface area contributed by atoms with Crippen LogP contribution >= 0.6 is 45.2 Å². The number of benzene rings is 2. The third-order valence-electron chi connectivity index (χ3n) is 2.11. The lowest BCUT2D eigenvalue weighted by molar-refractivity contribution is -0.135. The number of hydrogen-bond acceptors (Lipinski definition) is 4. The molecule has 0 atom stereocenters. The molecule has 144 valence electrons. The second kappa shape index (κ2) is 16.9. The van der Waals surface area contributed by atoms with Crippen molar-refractivity contribution in [3.05, 3.63) is 55.7 Å². The average Bonchev–Trinajstić information content (AvgIpc) is 2.55. The van der Waals surface area contributed by atoms with Gasteiger partial charge in [-0.25, -0.2) is 0 Å². The number of methoxy groups -OCH3 is 2. The Balaban J connectivity index is 0. The van der Waals surface area contributed by atoms with Crippen molar-refractivity contribution in [1.82, 2.24) is 0 Å². The lowest BCUT2D eigenvalue weighted by Gasteiger charge is -1.99. The summed E-state index contributed by atoms with van der Waals surface area (Å²) < 4.78 is 12.4. The minimum Gasteiger partial charge on any atom is -0.496 e. The standard InChI is InChI=1S/2C7H7IO.2C2H4O2/c2*1-9-7-5-3-2-4-6(7)8;2*1-2(3)4/h2*2-5H,1H3;2*1H3,(H,3,4). The van der Waals surface area contributed by atoms with Crippen LogP contribution in [0.4, 0.5) is 0 Å². The van der Waals surface area contributed by atoms with Crippen LogP contribution in [-0.2, 0) is 9.59 Å². The summed E-state index contributed by atoms with van der Waals surface area (Å²) in [5.74, 6) is 0.219. The molecule has 8 heteroatoms. The van der Waals surface area contributed by atoms with Crippen LogP contribution in [0.25, 0.3) is 0 Å². The zero-order valence-electron chi connectivity index (χ0n) is 14.9. The molecule has 0 radical (unpaired) electrons. The smallest absolute Gasteiger partial charge is 0.300 e. The number of para-hydroxylation sites is 2. The highest BCUT2D eigenvalue weighted by atomic mass is 127. The maximum atomic E-state index is 9.00. The van der Waals surface area contributed by atoms with Crippen LogP contribution in [0.1, 0.15) is 13.8 Å². The second-order valence-electron chi connectivity index (χ2n) is 4.31. The number of carbonyl (C=O) groups is 2. The average molecular weight is 588 g/mol. The van der Waals surface area contributed by atoms with E-state index in [2.05, 4.69) is 45.2 Å². The van der Waals surface area contributed by atoms with Gasteiger partial charge >= 0.3 is 0 Å². The number of ether oxygens (including phenoxy) is 2. The monoisotopic (exact) mass is 588 g/mol. The first kappa shape index (κ1) is 26.7. The SMILES string of the molecule is CC(=O)O.CC(=O)O.COc1ccccc1I.COc1ccccc1I. The molecular weight excluding hydrogens is 566 g/mol. The Bertz CT molecular complexity index is 596. The molecule has 2 aromatic rings. The first-order valence-electron chi connectivity index (χ1n) is 7.11. The predicted octanol–water partition coefficient (Wildman–Crippen LogP) is 4.78. The molecular formula is C18H22I2O6. The highest BCUT2D eigenvalue weighted by Gasteiger charge is 1.93. The summed E-state index contributed by atoms with van der Waals surface area (Å²) >= 11 is 4.47. The minimum absolute atomic E-state index is 0.833. The fraction of sp³-hybridized carbons (Fsp3) is 0.222. The Hall–Kier alpha value is -1.56. The van der Waals surface area contributed by atoms with E-state index < -0.39 is 11.9 Å². The van der Waals surface area contributed by atoms with Gasteiger partial charge in [0, 0.05) is 13.8 Å². The van der Waals surface area contributed by atoms with Gasteiger partial charge in [0.1, 0.15) is 11.5 Å². The van der Waals surface area contributed by atoms with Crippen molar-refractivity contribution in [3.8, 4) is 11.5 Å². The number of aliphatic carboxylic acids is 2. The molecule has 0 aliphatic carbocycles. The lowest BCUT2D eigenvalue weighted by Crippen LogP contribution is -1.83. The molecule has 2 rings (SSSR count). The van der Waals surface area contributed by atoms with Gasteiger partial charge in [-0.05, 0) is 69.4 Å². The molecule has 26 heavy (non-hydrogen) atoms. The zero-order valence-corrected chi connectivity index (χ0v) is 19.2. The highest BCUT2D eigenvalue weighted by molar-refractivity contribution is 14.1. The summed E-state index contributed by atoms with van der Waals surface area (Å²) in [6.45, 7) is 2.17. The Morgan fingerprint density at radius 2 is 0.962 bits per heavy atom. The van der Waals surface area contributed by atoms with Gasteiger partial charge in [-0.1, -0.05) is 24.3 Å². The highest BCUT2D eigenvalue weighted by Crippen LogP contribution is 2.18. The van der Waals surface area contributed by atoms with E-state index in [1.54, 1.807) is 14.2 Å². The molecule has 0 saturated heterocycles. The summed E-state index contributed by atoms with van der Waals surface area (Å²) in [4.78, 5) is 18.0. The van der Waals surface area contributed by atoms with Gasteiger partial charge in [-0.2, -0.15) is 0 Å². The normalized spacial score (nSPS) is 8.23. The van der Waals surface area contributed by atoms with Crippen molar-refractivity contribution in [2.75, 3.05) is 14.2 Å². The van der Waals surface area contributed by atoms with E-state index in [1.807, 2.05) is 48.5 Å². The van der Waals surface area contributed by atoms with E-state index in [9.17, 15) is 0 Å². The van der Waals surface area contributed by atoms with Crippen molar-refractivity contribution >= 4 is 57.1 Å². The van der Waals surface area contributed by atoms with E-state index in [0.717, 1.165) is 32.5 Å². The summed E-state index contributed by atoms with van der Waals surface area (Å²) in [7, 11) is 3.36. The number of halogens is 2. The minimum atomic E-state index is -0.833. The first-order valence-corrected chi connectivity index (χ1v) is 9.27. The number of carboxylic acid groups (broad SMARTS) is 2. The molecule has 0 bridgehead atoms. The lowest BCUT2D eigenvalue weighted by atomic mass is 10.3. The van der Waals surface area contributed by atoms with Crippen LogP contribution in [-0.4, -0.2) is 36.4 Å². The van der Waals surface area contributed by atoms with Crippen LogP contribution in [0, 0.1) is 7.14 Å². The Morgan fingerprint density at radius 1 is 0.731 bits per heavy atom. The summed E-state index contributed by atoms with van der Waals surface area (Å²) in [5, 5.41) is 14.8. The molecule has 0 fully saturated rings. The molecule has 0 heterocycles. The van der Waals surface area contributed by atoms with Gasteiger partial charge in [0.15, 0.2) is 0 Å². The second-order valence-corrected chi connectivity index (χ2v) is 6.63. The van der Waals surface area contributed by atoms with E-state index in [-0.39, 0.29) is 0 Å². The quantitative estimate of drug-likeness (QED) is 0.491. The van der Waals surface area contributed by atoms with Crippen molar-refractivity contribution in [2.24, 2.45) is 0 Å². The number of rotatable bonds is 2. The largest absolute Gasteiger partial charge is 0.496 e. The van der Waals surface area contributed by atoms with Crippen LogP contribution < -0.4 is 9.47 Å². The Kier molecular flexibility index (Phi) is 17.3. The fourth-order valence-electron chi connectivity index (χ4n) is 1.22. The molecule has 0 aliphatic heterocycles. The van der Waals surface area contributed by atoms with Crippen molar-refractivity contribution < 1.29 is 29.3 Å². The molecule has 2 N–H and O–H groups in total. The Morgan fingerprint density at radius 3 is 1.12 bits per heavy atom. The molecule has 2 aromatic carbocycles. The van der Waals surface area contributed by atoms with Crippen molar-refractivity contribution in [3.63, 3.8) is 0 Å². The van der Waals surface area contributed by atoms with E-state index in [1.165, 1.54) is 0 Å². The Labute approximate surface area is 180 Å². The van der Waals surface area contributed by atoms with E-state index in [0.29, 0.717) is 0 Å². The molecule has 0 saturated carbocycles. The third-order valence-corrected chi connectivity index (χ3v) is 3.90. The first-order chi connectivity index (χ1) is 12.1.